The van der Waals surface area contributed by atoms with Crippen molar-refractivity contribution in [3.05, 3.63) is 0 Å². The molecule has 1 atom stereocenters. The molecule has 1 aliphatic carbocycles. The summed E-state index contributed by atoms with van der Waals surface area (Å²) >= 11 is 0. The monoisotopic (exact) mass is 171 g/mol. The summed E-state index contributed by atoms with van der Waals surface area (Å²) in [5.74, 6) is 0.954. The lowest BCUT2D eigenvalue weighted by atomic mass is 9.81. The number of nitrogens with one attached hydrogen (secondary N) is 1. The van der Waals surface area contributed by atoms with Gasteiger partial charge in [0.2, 0.25) is 0 Å². The number of ether oxygens (including phenoxy) is 1. The Bertz CT molecular complexity index is 106. The highest BCUT2D eigenvalue weighted by Gasteiger charge is 2.21. The summed E-state index contributed by atoms with van der Waals surface area (Å²) in [5, 5.41) is 3.18. The van der Waals surface area contributed by atoms with Crippen molar-refractivity contribution in [2.75, 3.05) is 20.2 Å². The highest BCUT2D eigenvalue weighted by molar-refractivity contribution is 4.74. The second kappa shape index (κ2) is 5.55. The van der Waals surface area contributed by atoms with Gasteiger partial charge in [0.25, 0.3) is 0 Å². The van der Waals surface area contributed by atoms with E-state index in [9.17, 15) is 0 Å². The molecular formula is C10H21NO. The van der Waals surface area contributed by atoms with Gasteiger partial charge < -0.3 is 10.1 Å². The molecule has 0 aromatic rings. The normalized spacial score (nSPS) is 20.5. The third-order valence-electron chi connectivity index (χ3n) is 2.66. The molecule has 12 heavy (non-hydrogen) atoms. The predicted molar refractivity (Wildman–Crippen MR) is 51.3 cm³/mol. The zero-order valence-corrected chi connectivity index (χ0v) is 8.31. The number of rotatable bonds is 6. The molecule has 0 amide bonds. The van der Waals surface area contributed by atoms with Crippen LogP contribution < -0.4 is 5.32 Å². The molecule has 72 valence electrons. The van der Waals surface area contributed by atoms with Crippen molar-refractivity contribution in [2.45, 2.75) is 38.7 Å². The van der Waals surface area contributed by atoms with E-state index in [1.54, 1.807) is 0 Å². The van der Waals surface area contributed by atoms with Gasteiger partial charge in [-0.1, -0.05) is 19.3 Å². The van der Waals surface area contributed by atoms with E-state index in [1.807, 2.05) is 7.05 Å². The van der Waals surface area contributed by atoms with Crippen LogP contribution >= 0.6 is 0 Å². The van der Waals surface area contributed by atoms with E-state index < -0.39 is 0 Å². The molecule has 0 bridgehead atoms. The van der Waals surface area contributed by atoms with E-state index in [4.69, 9.17) is 4.74 Å². The topological polar surface area (TPSA) is 21.3 Å². The Kier molecular flexibility index (Phi) is 4.62. The molecule has 0 heterocycles. The Hall–Kier alpha value is -0.0800. The van der Waals surface area contributed by atoms with E-state index >= 15 is 0 Å². The fourth-order valence-electron chi connectivity index (χ4n) is 1.77. The molecule has 0 radical (unpaired) electrons. The fraction of sp³-hybridized carbons (Fsp3) is 1.00. The molecule has 1 rings (SSSR count). The van der Waals surface area contributed by atoms with Crippen LogP contribution in [-0.4, -0.2) is 26.3 Å². The van der Waals surface area contributed by atoms with Gasteiger partial charge in [0.1, 0.15) is 0 Å². The summed E-state index contributed by atoms with van der Waals surface area (Å²) < 4.78 is 5.63. The van der Waals surface area contributed by atoms with Crippen molar-refractivity contribution in [1.82, 2.24) is 5.32 Å². The summed E-state index contributed by atoms with van der Waals surface area (Å²) in [6.45, 7) is 3.92. The van der Waals surface area contributed by atoms with Gasteiger partial charge in [-0.25, -0.2) is 0 Å². The van der Waals surface area contributed by atoms with Crippen LogP contribution in [0.3, 0.4) is 0 Å². The standard InChI is InChI=1S/C10H21NO/c1-3-12-10(8-11-2)7-9-5-4-6-9/h9-11H,3-8H2,1-2H3. The van der Waals surface area contributed by atoms with Crippen molar-refractivity contribution in [3.8, 4) is 0 Å². The summed E-state index contributed by atoms with van der Waals surface area (Å²) in [5.41, 5.74) is 0. The fourth-order valence-corrected chi connectivity index (χ4v) is 1.77. The van der Waals surface area contributed by atoms with Crippen LogP contribution in [0.1, 0.15) is 32.6 Å². The lowest BCUT2D eigenvalue weighted by molar-refractivity contribution is 0.0357. The van der Waals surface area contributed by atoms with Gasteiger partial charge in [-0.05, 0) is 26.3 Å². The maximum absolute atomic E-state index is 5.63. The minimum absolute atomic E-state index is 0.449. The van der Waals surface area contributed by atoms with Crippen molar-refractivity contribution < 1.29 is 4.74 Å². The molecule has 0 saturated heterocycles. The van der Waals surface area contributed by atoms with Crippen molar-refractivity contribution in [1.29, 1.82) is 0 Å². The first-order valence-electron chi connectivity index (χ1n) is 5.13. The molecule has 0 aromatic carbocycles. The minimum Gasteiger partial charge on any atom is -0.377 e. The molecule has 0 aliphatic heterocycles. The summed E-state index contributed by atoms with van der Waals surface area (Å²) in [6, 6.07) is 0. The molecule has 0 spiro atoms. The average Bonchev–Trinajstić information content (AvgIpc) is 1.97. The molecule has 0 aromatic heterocycles. The summed E-state index contributed by atoms with van der Waals surface area (Å²) in [4.78, 5) is 0. The van der Waals surface area contributed by atoms with Crippen LogP contribution in [0.4, 0.5) is 0 Å². The average molecular weight is 171 g/mol. The maximum Gasteiger partial charge on any atom is 0.0701 e. The van der Waals surface area contributed by atoms with E-state index in [0.717, 1.165) is 19.1 Å². The van der Waals surface area contributed by atoms with Gasteiger partial charge in [-0.2, -0.15) is 0 Å². The molecule has 1 N–H and O–H groups in total. The number of hydrogen-bond donors (Lipinski definition) is 1. The Morgan fingerprint density at radius 2 is 2.25 bits per heavy atom. The van der Waals surface area contributed by atoms with Crippen LogP contribution in [0.5, 0.6) is 0 Å². The first-order chi connectivity index (χ1) is 5.86. The Balaban J connectivity index is 2.11. The highest BCUT2D eigenvalue weighted by Crippen LogP contribution is 2.30. The first-order valence-corrected chi connectivity index (χ1v) is 5.13. The number of likely N-dealkylation sites (N-methyl/N-ethyl adjacent to an activating group) is 1. The third kappa shape index (κ3) is 3.11. The predicted octanol–water partition coefficient (Wildman–Crippen LogP) is 1.80. The SMILES string of the molecule is CCOC(CNC)CC1CCC1. The molecule has 1 unspecified atom stereocenters. The van der Waals surface area contributed by atoms with Crippen LogP contribution in [0.2, 0.25) is 0 Å². The Morgan fingerprint density at radius 3 is 2.67 bits per heavy atom. The summed E-state index contributed by atoms with van der Waals surface area (Å²) in [6.07, 6.45) is 5.99. The van der Waals surface area contributed by atoms with Crippen molar-refractivity contribution in [2.24, 2.45) is 5.92 Å². The third-order valence-corrected chi connectivity index (χ3v) is 2.66. The van der Waals surface area contributed by atoms with Gasteiger partial charge in [0, 0.05) is 13.2 Å². The zero-order valence-electron chi connectivity index (χ0n) is 8.31. The van der Waals surface area contributed by atoms with Crippen molar-refractivity contribution >= 4 is 0 Å². The smallest absolute Gasteiger partial charge is 0.0701 e. The molecule has 2 heteroatoms. The Morgan fingerprint density at radius 1 is 1.50 bits per heavy atom. The zero-order chi connectivity index (χ0) is 8.81. The van der Waals surface area contributed by atoms with Gasteiger partial charge in [0.05, 0.1) is 6.10 Å². The maximum atomic E-state index is 5.63. The van der Waals surface area contributed by atoms with Gasteiger partial charge in [0.15, 0.2) is 0 Å². The highest BCUT2D eigenvalue weighted by atomic mass is 16.5. The van der Waals surface area contributed by atoms with E-state index in [2.05, 4.69) is 12.2 Å². The first kappa shape index (κ1) is 10.0. The molecule has 1 aliphatic rings. The summed E-state index contributed by atoms with van der Waals surface area (Å²) in [7, 11) is 1.99. The van der Waals surface area contributed by atoms with Gasteiger partial charge in [-0.15, -0.1) is 0 Å². The van der Waals surface area contributed by atoms with Gasteiger partial charge in [-0.3, -0.25) is 0 Å². The largest absolute Gasteiger partial charge is 0.377 e. The van der Waals surface area contributed by atoms with E-state index in [0.29, 0.717) is 6.10 Å². The van der Waals surface area contributed by atoms with Crippen LogP contribution in [-0.2, 0) is 4.74 Å². The molecule has 1 fully saturated rings. The van der Waals surface area contributed by atoms with Crippen molar-refractivity contribution in [3.63, 3.8) is 0 Å². The molecular weight excluding hydrogens is 150 g/mol. The molecule has 2 nitrogen and oxygen atoms in total. The van der Waals surface area contributed by atoms with Crippen LogP contribution in [0.25, 0.3) is 0 Å². The van der Waals surface area contributed by atoms with E-state index in [-0.39, 0.29) is 0 Å². The minimum atomic E-state index is 0.449. The lowest BCUT2D eigenvalue weighted by Gasteiger charge is -2.29. The van der Waals surface area contributed by atoms with Crippen LogP contribution in [0.15, 0.2) is 0 Å². The van der Waals surface area contributed by atoms with Crippen LogP contribution in [0, 0.1) is 5.92 Å². The molecule has 1 saturated carbocycles. The van der Waals surface area contributed by atoms with E-state index in [1.165, 1.54) is 25.7 Å². The second-order valence-electron chi connectivity index (χ2n) is 3.67. The second-order valence-corrected chi connectivity index (χ2v) is 3.67. The van der Waals surface area contributed by atoms with Gasteiger partial charge >= 0.3 is 0 Å². The Labute approximate surface area is 75.7 Å². The lowest BCUT2D eigenvalue weighted by Crippen LogP contribution is -2.30. The quantitative estimate of drug-likeness (QED) is 0.658. The number of hydrogen-bond acceptors (Lipinski definition) is 2.